The van der Waals surface area contributed by atoms with Gasteiger partial charge in [0.15, 0.2) is 0 Å². The topological polar surface area (TPSA) is 101 Å². The Balaban J connectivity index is 1.53. The van der Waals surface area contributed by atoms with Gasteiger partial charge in [0.25, 0.3) is 0 Å². The summed E-state index contributed by atoms with van der Waals surface area (Å²) in [5.74, 6) is 1.25. The number of hydrazone groups is 2. The third-order valence-electron chi connectivity index (χ3n) is 5.03. The summed E-state index contributed by atoms with van der Waals surface area (Å²) in [5, 5.41) is 8.04. The van der Waals surface area contributed by atoms with E-state index in [1.165, 1.54) is 0 Å². The lowest BCUT2D eigenvalue weighted by molar-refractivity contribution is -0.121. The van der Waals surface area contributed by atoms with Crippen molar-refractivity contribution in [3.63, 3.8) is 0 Å². The van der Waals surface area contributed by atoms with Crippen LogP contribution in [0.1, 0.15) is 69.9 Å². The second kappa shape index (κ2) is 16.9. The van der Waals surface area contributed by atoms with Gasteiger partial charge < -0.3 is 9.47 Å². The minimum atomic E-state index is -0.113. The Morgan fingerprint density at radius 1 is 0.686 bits per heavy atom. The first-order valence-corrected chi connectivity index (χ1v) is 12.2. The van der Waals surface area contributed by atoms with E-state index in [9.17, 15) is 9.59 Å². The molecule has 0 aliphatic carbocycles. The smallest absolute Gasteiger partial charge is 0.240 e. The number of rotatable bonds is 16. The first kappa shape index (κ1) is 27.6. The third kappa shape index (κ3) is 11.3. The molecule has 0 bridgehead atoms. The molecule has 8 nitrogen and oxygen atoms in total. The second-order valence-electron chi connectivity index (χ2n) is 7.80. The van der Waals surface area contributed by atoms with Gasteiger partial charge in [0, 0.05) is 24.0 Å². The minimum absolute atomic E-state index is 0.113. The van der Waals surface area contributed by atoms with E-state index in [2.05, 4.69) is 21.1 Å². The van der Waals surface area contributed by atoms with E-state index in [1.54, 1.807) is 12.4 Å². The predicted octanol–water partition coefficient (Wildman–Crippen LogP) is 4.82. The number of unbranched alkanes of at least 4 members (excludes halogenated alkanes) is 4. The molecule has 0 aliphatic rings. The number of hydrogen-bond donors (Lipinski definition) is 2. The first-order chi connectivity index (χ1) is 17.1. The molecular formula is C27H36N4O4. The number of carbonyl (C=O) groups is 2. The summed E-state index contributed by atoms with van der Waals surface area (Å²) in [7, 11) is 0. The normalized spacial score (nSPS) is 11.0. The fraction of sp³-hybridized carbons (Fsp3) is 0.407. The Bertz CT molecular complexity index is 898. The Morgan fingerprint density at radius 2 is 1.09 bits per heavy atom. The summed E-state index contributed by atoms with van der Waals surface area (Å²) in [6.45, 7) is 4.98. The van der Waals surface area contributed by atoms with E-state index in [1.807, 2.05) is 62.4 Å². The van der Waals surface area contributed by atoms with Crippen LogP contribution in [0.25, 0.3) is 0 Å². The summed E-state index contributed by atoms with van der Waals surface area (Å²) in [6.07, 6.45) is 8.42. The quantitative estimate of drug-likeness (QED) is 0.204. The zero-order valence-corrected chi connectivity index (χ0v) is 20.7. The highest BCUT2D eigenvalue weighted by Crippen LogP contribution is 2.16. The molecule has 0 aliphatic heterocycles. The van der Waals surface area contributed by atoms with Gasteiger partial charge in [0.2, 0.25) is 11.8 Å². The highest BCUT2D eigenvalue weighted by atomic mass is 16.5. The van der Waals surface area contributed by atoms with Crippen molar-refractivity contribution in [2.75, 3.05) is 13.2 Å². The molecule has 188 valence electrons. The average molecular weight is 481 g/mol. The van der Waals surface area contributed by atoms with Crippen molar-refractivity contribution < 1.29 is 19.1 Å². The van der Waals surface area contributed by atoms with Gasteiger partial charge >= 0.3 is 0 Å². The maximum atomic E-state index is 12.0. The Kier molecular flexibility index (Phi) is 13.3. The van der Waals surface area contributed by atoms with Crippen molar-refractivity contribution in [3.8, 4) is 11.5 Å². The molecule has 8 heteroatoms. The van der Waals surface area contributed by atoms with E-state index in [4.69, 9.17) is 9.47 Å². The van der Waals surface area contributed by atoms with Crippen molar-refractivity contribution in [2.45, 2.75) is 58.8 Å². The maximum Gasteiger partial charge on any atom is 0.240 e. The third-order valence-corrected chi connectivity index (χ3v) is 5.03. The fourth-order valence-electron chi connectivity index (χ4n) is 3.31. The summed E-state index contributed by atoms with van der Waals surface area (Å²) in [5.41, 5.74) is 6.76. The van der Waals surface area contributed by atoms with Crippen LogP contribution in [0.2, 0.25) is 0 Å². The molecule has 0 aromatic heterocycles. The van der Waals surface area contributed by atoms with Gasteiger partial charge in [-0.05, 0) is 51.0 Å². The average Bonchev–Trinajstić information content (AvgIpc) is 2.86. The second-order valence-corrected chi connectivity index (χ2v) is 7.80. The molecule has 0 spiro atoms. The summed E-state index contributed by atoms with van der Waals surface area (Å²) in [4.78, 5) is 23.9. The first-order valence-electron chi connectivity index (χ1n) is 12.2. The standard InChI is InChI=1S/C27H36N4O4/c1-3-34-24-16-12-10-14-22(24)20-28-30-26(32)18-8-6-5-7-9-19-27(33)31-29-21-23-15-11-13-17-25(23)35-4-2/h10-17,20-21H,3-9,18-19H2,1-2H3,(H,30,32)(H,31,33). The van der Waals surface area contributed by atoms with Crippen LogP contribution in [0.4, 0.5) is 0 Å². The number of para-hydroxylation sites is 2. The van der Waals surface area contributed by atoms with Crippen molar-refractivity contribution in [2.24, 2.45) is 10.2 Å². The number of benzene rings is 2. The van der Waals surface area contributed by atoms with Crippen molar-refractivity contribution in [1.82, 2.24) is 10.9 Å². The molecule has 2 aromatic carbocycles. The molecule has 0 unspecified atom stereocenters. The monoisotopic (exact) mass is 480 g/mol. The number of nitrogens with zero attached hydrogens (tertiary/aromatic N) is 2. The van der Waals surface area contributed by atoms with E-state index in [0.717, 1.165) is 54.7 Å². The van der Waals surface area contributed by atoms with Gasteiger partial charge in [-0.1, -0.05) is 43.5 Å². The Hall–Kier alpha value is -3.68. The van der Waals surface area contributed by atoms with E-state index < -0.39 is 0 Å². The Morgan fingerprint density at radius 3 is 1.51 bits per heavy atom. The SMILES string of the molecule is CCOc1ccccc1C=NNC(=O)CCCCCCCC(=O)NN=Cc1ccccc1OCC. The lowest BCUT2D eigenvalue weighted by Gasteiger charge is -2.06. The molecule has 0 heterocycles. The van der Waals surface area contributed by atoms with Crippen LogP contribution >= 0.6 is 0 Å². The van der Waals surface area contributed by atoms with Gasteiger partial charge in [-0.25, -0.2) is 10.9 Å². The van der Waals surface area contributed by atoms with Crippen LogP contribution in [0.15, 0.2) is 58.7 Å². The van der Waals surface area contributed by atoms with Gasteiger partial charge in [0.1, 0.15) is 11.5 Å². The van der Waals surface area contributed by atoms with Crippen molar-refractivity contribution in [1.29, 1.82) is 0 Å². The predicted molar refractivity (Wildman–Crippen MR) is 139 cm³/mol. The number of nitrogens with one attached hydrogen (secondary N) is 2. The number of ether oxygens (including phenoxy) is 2. The molecule has 0 radical (unpaired) electrons. The number of amides is 2. The van der Waals surface area contributed by atoms with Crippen LogP contribution < -0.4 is 20.3 Å². The van der Waals surface area contributed by atoms with Crippen molar-refractivity contribution >= 4 is 24.2 Å². The lowest BCUT2D eigenvalue weighted by atomic mass is 10.1. The van der Waals surface area contributed by atoms with Gasteiger partial charge in [0.05, 0.1) is 25.6 Å². The molecule has 0 atom stereocenters. The molecule has 2 N–H and O–H groups in total. The molecule has 0 saturated heterocycles. The highest BCUT2D eigenvalue weighted by molar-refractivity contribution is 5.85. The van der Waals surface area contributed by atoms with Crippen LogP contribution in [0.5, 0.6) is 11.5 Å². The van der Waals surface area contributed by atoms with Crippen LogP contribution in [-0.4, -0.2) is 37.5 Å². The van der Waals surface area contributed by atoms with Crippen LogP contribution in [0.3, 0.4) is 0 Å². The van der Waals surface area contributed by atoms with Gasteiger partial charge in [-0.3, -0.25) is 9.59 Å². The van der Waals surface area contributed by atoms with Gasteiger partial charge in [-0.15, -0.1) is 0 Å². The molecule has 2 rings (SSSR count). The van der Waals surface area contributed by atoms with Crippen LogP contribution in [0, 0.1) is 0 Å². The summed E-state index contributed by atoms with van der Waals surface area (Å²) >= 11 is 0. The summed E-state index contributed by atoms with van der Waals surface area (Å²) < 4.78 is 11.1. The van der Waals surface area contributed by atoms with Crippen molar-refractivity contribution in [3.05, 3.63) is 59.7 Å². The Labute approximate surface area is 207 Å². The molecule has 35 heavy (non-hydrogen) atoms. The largest absolute Gasteiger partial charge is 0.493 e. The molecule has 0 saturated carbocycles. The molecule has 2 aromatic rings. The zero-order valence-electron chi connectivity index (χ0n) is 20.7. The molecule has 0 fully saturated rings. The highest BCUT2D eigenvalue weighted by Gasteiger charge is 2.03. The van der Waals surface area contributed by atoms with E-state index in [-0.39, 0.29) is 11.8 Å². The van der Waals surface area contributed by atoms with Crippen LogP contribution in [-0.2, 0) is 9.59 Å². The number of carbonyl (C=O) groups excluding carboxylic acids is 2. The van der Waals surface area contributed by atoms with E-state index in [0.29, 0.717) is 26.1 Å². The van der Waals surface area contributed by atoms with E-state index >= 15 is 0 Å². The number of hydrogen-bond acceptors (Lipinski definition) is 6. The maximum absolute atomic E-state index is 12.0. The summed E-state index contributed by atoms with van der Waals surface area (Å²) in [6, 6.07) is 15.1. The fourth-order valence-corrected chi connectivity index (χ4v) is 3.31. The minimum Gasteiger partial charge on any atom is -0.493 e. The molecular weight excluding hydrogens is 444 g/mol. The molecule has 2 amide bonds. The van der Waals surface area contributed by atoms with Gasteiger partial charge in [-0.2, -0.15) is 10.2 Å². The zero-order chi connectivity index (χ0) is 25.1. The lowest BCUT2D eigenvalue weighted by Crippen LogP contribution is -2.17.